The molecule has 1 aliphatic heterocycles. The number of aryl methyl sites for hydroxylation is 1. The lowest BCUT2D eigenvalue weighted by Crippen LogP contribution is -2.28. The molecule has 2 N–H and O–H groups in total. The number of carbonyl (C=O) groups is 1. The number of benzene rings is 3. The summed E-state index contributed by atoms with van der Waals surface area (Å²) in [6, 6.07) is 18.8. The van der Waals surface area contributed by atoms with Crippen molar-refractivity contribution in [3.63, 3.8) is 0 Å². The van der Waals surface area contributed by atoms with Crippen molar-refractivity contribution in [3.8, 4) is 11.5 Å². The summed E-state index contributed by atoms with van der Waals surface area (Å²) in [7, 11) is 1.47. The van der Waals surface area contributed by atoms with Crippen LogP contribution < -0.4 is 14.8 Å². The molecule has 0 amide bonds. The first-order valence-corrected chi connectivity index (χ1v) is 12.1. The number of hydrogen-bond donors (Lipinski definition) is 2. The van der Waals surface area contributed by atoms with Crippen LogP contribution in [-0.4, -0.2) is 37.4 Å². The van der Waals surface area contributed by atoms with Gasteiger partial charge in [-0.15, -0.1) is 12.4 Å². The number of carboxylic acids is 1. The minimum Gasteiger partial charge on any atom is -0.494 e. The van der Waals surface area contributed by atoms with Gasteiger partial charge in [-0.1, -0.05) is 36.4 Å². The Hall–Kier alpha value is -3.09. The highest BCUT2D eigenvalue weighted by atomic mass is 35.5. The standard InChI is InChI=1S/C29H32FNO4.ClH/c1-19-9-11-21(17-24(19)29(32)33)25-18-22(35-27-8-4-3-7-23(25)27)6-5-14-31-15-13-20-10-12-26(30)28(16-20)34-2;/h3-4,7-12,16-17,22,25,31H,5-6,13-15,18H2,1-2H3,(H,32,33);1H. The van der Waals surface area contributed by atoms with Crippen LogP contribution >= 0.6 is 12.4 Å². The summed E-state index contributed by atoms with van der Waals surface area (Å²) in [4.78, 5) is 11.7. The molecular formula is C29H33ClFNO4. The lowest BCUT2D eigenvalue weighted by molar-refractivity contribution is 0.0696. The van der Waals surface area contributed by atoms with E-state index in [9.17, 15) is 14.3 Å². The van der Waals surface area contributed by atoms with Gasteiger partial charge < -0.3 is 19.9 Å². The summed E-state index contributed by atoms with van der Waals surface area (Å²) in [5.74, 6) is 0.0121. The molecule has 1 heterocycles. The van der Waals surface area contributed by atoms with Crippen LogP contribution in [0.15, 0.2) is 60.7 Å². The lowest BCUT2D eigenvalue weighted by atomic mass is 9.82. The zero-order chi connectivity index (χ0) is 24.8. The van der Waals surface area contributed by atoms with Gasteiger partial charge in [-0.25, -0.2) is 9.18 Å². The van der Waals surface area contributed by atoms with E-state index in [1.807, 2.05) is 43.3 Å². The number of para-hydroxylation sites is 1. The van der Waals surface area contributed by atoms with E-state index in [1.54, 1.807) is 12.1 Å². The third-order valence-corrected chi connectivity index (χ3v) is 6.67. The van der Waals surface area contributed by atoms with Gasteiger partial charge in [0.05, 0.1) is 18.8 Å². The van der Waals surface area contributed by atoms with Gasteiger partial charge in [0, 0.05) is 11.5 Å². The van der Waals surface area contributed by atoms with Gasteiger partial charge in [0.1, 0.15) is 5.75 Å². The number of rotatable bonds is 10. The Morgan fingerprint density at radius 2 is 1.94 bits per heavy atom. The highest BCUT2D eigenvalue weighted by Gasteiger charge is 2.29. The zero-order valence-electron chi connectivity index (χ0n) is 20.6. The molecule has 0 aliphatic carbocycles. The van der Waals surface area contributed by atoms with Crippen molar-refractivity contribution in [1.82, 2.24) is 5.32 Å². The van der Waals surface area contributed by atoms with Crippen molar-refractivity contribution >= 4 is 18.4 Å². The first-order valence-electron chi connectivity index (χ1n) is 12.1. The quantitative estimate of drug-likeness (QED) is 0.318. The van der Waals surface area contributed by atoms with Crippen molar-refractivity contribution in [3.05, 3.63) is 94.3 Å². The van der Waals surface area contributed by atoms with Gasteiger partial charge in [-0.2, -0.15) is 0 Å². The average Bonchev–Trinajstić information content (AvgIpc) is 2.86. The van der Waals surface area contributed by atoms with Gasteiger partial charge in [-0.3, -0.25) is 0 Å². The van der Waals surface area contributed by atoms with Crippen LogP contribution in [0.4, 0.5) is 4.39 Å². The third kappa shape index (κ3) is 6.56. The first kappa shape index (κ1) is 27.5. The molecule has 36 heavy (non-hydrogen) atoms. The Morgan fingerprint density at radius 1 is 1.14 bits per heavy atom. The van der Waals surface area contributed by atoms with Crippen LogP contribution in [0.5, 0.6) is 11.5 Å². The Kier molecular flexibility index (Phi) is 9.73. The maximum Gasteiger partial charge on any atom is 0.335 e. The number of fused-ring (bicyclic) bond motifs is 1. The van der Waals surface area contributed by atoms with Crippen molar-refractivity contribution in [2.45, 2.75) is 44.6 Å². The Labute approximate surface area is 218 Å². The predicted molar refractivity (Wildman–Crippen MR) is 141 cm³/mol. The molecule has 3 aromatic rings. The minimum absolute atomic E-state index is 0. The number of halogens is 2. The van der Waals surface area contributed by atoms with Crippen molar-refractivity contribution < 1.29 is 23.8 Å². The van der Waals surface area contributed by atoms with Gasteiger partial charge in [0.25, 0.3) is 0 Å². The zero-order valence-corrected chi connectivity index (χ0v) is 21.4. The summed E-state index contributed by atoms with van der Waals surface area (Å²) in [5, 5.41) is 13.0. The Bertz CT molecular complexity index is 1190. The molecule has 0 saturated heterocycles. The molecule has 2 unspecified atom stereocenters. The summed E-state index contributed by atoms with van der Waals surface area (Å²) in [6.45, 7) is 3.48. The molecule has 0 bridgehead atoms. The Morgan fingerprint density at radius 3 is 2.72 bits per heavy atom. The van der Waals surface area contributed by atoms with Gasteiger partial charge in [-0.05, 0) is 86.7 Å². The fraction of sp³-hybridized carbons (Fsp3) is 0.345. The smallest absolute Gasteiger partial charge is 0.335 e. The fourth-order valence-corrected chi connectivity index (χ4v) is 4.74. The predicted octanol–water partition coefficient (Wildman–Crippen LogP) is 6.16. The highest BCUT2D eigenvalue weighted by Crippen LogP contribution is 2.41. The van der Waals surface area contributed by atoms with E-state index >= 15 is 0 Å². The molecule has 0 aromatic heterocycles. The first-order chi connectivity index (χ1) is 17.0. The second-order valence-corrected chi connectivity index (χ2v) is 9.06. The molecule has 1 aliphatic rings. The van der Waals surface area contributed by atoms with Gasteiger partial charge in [0.2, 0.25) is 0 Å². The second-order valence-electron chi connectivity index (χ2n) is 9.06. The summed E-state index contributed by atoms with van der Waals surface area (Å²) in [6.07, 6.45) is 3.54. The summed E-state index contributed by atoms with van der Waals surface area (Å²) in [5.41, 5.74) is 4.28. The molecule has 5 nitrogen and oxygen atoms in total. The van der Waals surface area contributed by atoms with E-state index < -0.39 is 5.97 Å². The number of aromatic carboxylic acids is 1. The molecular weight excluding hydrogens is 481 g/mol. The molecule has 2 atom stereocenters. The molecule has 0 spiro atoms. The number of methoxy groups -OCH3 is 1. The van der Waals surface area contributed by atoms with E-state index in [0.29, 0.717) is 5.56 Å². The van der Waals surface area contributed by atoms with Crippen molar-refractivity contribution in [2.24, 2.45) is 0 Å². The largest absolute Gasteiger partial charge is 0.494 e. The van der Waals surface area contributed by atoms with E-state index in [1.165, 1.54) is 13.2 Å². The maximum atomic E-state index is 13.6. The molecule has 0 radical (unpaired) electrons. The Balaban J connectivity index is 0.00000361. The molecule has 0 fully saturated rings. The SMILES string of the molecule is COc1cc(CCNCCCC2CC(c3ccc(C)c(C(=O)O)c3)c3ccccc3O2)ccc1F.Cl. The van der Waals surface area contributed by atoms with Crippen LogP contribution in [0.25, 0.3) is 0 Å². The molecule has 192 valence electrons. The van der Waals surface area contributed by atoms with Crippen LogP contribution in [0, 0.1) is 12.7 Å². The van der Waals surface area contributed by atoms with E-state index in [2.05, 4.69) is 11.4 Å². The number of nitrogens with one attached hydrogen (secondary N) is 1. The lowest BCUT2D eigenvalue weighted by Gasteiger charge is -2.33. The molecule has 7 heteroatoms. The van der Waals surface area contributed by atoms with Crippen LogP contribution in [-0.2, 0) is 6.42 Å². The van der Waals surface area contributed by atoms with Crippen LogP contribution in [0.1, 0.15) is 57.8 Å². The van der Waals surface area contributed by atoms with Crippen molar-refractivity contribution in [1.29, 1.82) is 0 Å². The number of hydrogen-bond acceptors (Lipinski definition) is 4. The average molecular weight is 514 g/mol. The maximum absolute atomic E-state index is 13.6. The normalized spacial score (nSPS) is 16.4. The van der Waals surface area contributed by atoms with Crippen LogP contribution in [0.2, 0.25) is 0 Å². The third-order valence-electron chi connectivity index (χ3n) is 6.67. The van der Waals surface area contributed by atoms with E-state index in [-0.39, 0.29) is 36.0 Å². The fourth-order valence-electron chi connectivity index (χ4n) is 4.74. The number of ether oxygens (including phenoxy) is 2. The summed E-state index contributed by atoms with van der Waals surface area (Å²) >= 11 is 0. The monoisotopic (exact) mass is 513 g/mol. The van der Waals surface area contributed by atoms with E-state index in [0.717, 1.165) is 66.8 Å². The molecule has 3 aromatic carbocycles. The van der Waals surface area contributed by atoms with Gasteiger partial charge >= 0.3 is 5.97 Å². The highest BCUT2D eigenvalue weighted by molar-refractivity contribution is 5.89. The van der Waals surface area contributed by atoms with E-state index in [4.69, 9.17) is 9.47 Å². The van der Waals surface area contributed by atoms with Crippen molar-refractivity contribution in [2.75, 3.05) is 20.2 Å². The second kappa shape index (κ2) is 12.7. The van der Waals surface area contributed by atoms with Crippen LogP contribution in [0.3, 0.4) is 0 Å². The number of carboxylic acid groups (broad SMARTS) is 1. The minimum atomic E-state index is -0.897. The topological polar surface area (TPSA) is 67.8 Å². The summed E-state index contributed by atoms with van der Waals surface area (Å²) < 4.78 is 24.9. The molecule has 0 saturated carbocycles. The van der Waals surface area contributed by atoms with Gasteiger partial charge in [0.15, 0.2) is 11.6 Å². The molecule has 4 rings (SSSR count).